The van der Waals surface area contributed by atoms with E-state index in [2.05, 4.69) is 5.32 Å². The summed E-state index contributed by atoms with van der Waals surface area (Å²) in [6.07, 6.45) is 0.885. The Morgan fingerprint density at radius 2 is 1.70 bits per heavy atom. The summed E-state index contributed by atoms with van der Waals surface area (Å²) in [6, 6.07) is 13.2. The Labute approximate surface area is 159 Å². The average molecular weight is 371 g/mol. The number of aliphatic carboxylic acids is 1. The molecule has 0 fully saturated rings. The molecule has 0 radical (unpaired) electrons. The summed E-state index contributed by atoms with van der Waals surface area (Å²) in [5.74, 6) is 0.0316. The molecule has 144 valence electrons. The van der Waals surface area contributed by atoms with E-state index in [4.69, 9.17) is 9.47 Å². The van der Waals surface area contributed by atoms with Crippen LogP contribution >= 0.6 is 0 Å². The van der Waals surface area contributed by atoms with E-state index in [1.807, 2.05) is 31.2 Å². The van der Waals surface area contributed by atoms with Crippen LogP contribution in [0.1, 0.15) is 30.5 Å². The van der Waals surface area contributed by atoms with Crippen LogP contribution in [0.3, 0.4) is 0 Å². The summed E-state index contributed by atoms with van der Waals surface area (Å²) in [7, 11) is 3.15. The number of rotatable bonds is 9. The zero-order valence-electron chi connectivity index (χ0n) is 15.8. The van der Waals surface area contributed by atoms with Crippen LogP contribution < -0.4 is 14.8 Å². The largest absolute Gasteiger partial charge is 0.497 e. The number of carbonyl (C=O) groups excluding carboxylic acids is 1. The fraction of sp³-hybridized carbons (Fsp3) is 0.333. The van der Waals surface area contributed by atoms with Gasteiger partial charge in [-0.2, -0.15) is 0 Å². The number of methoxy groups -OCH3 is 2. The van der Waals surface area contributed by atoms with Crippen molar-refractivity contribution in [2.75, 3.05) is 14.2 Å². The topological polar surface area (TPSA) is 84.9 Å². The van der Waals surface area contributed by atoms with Gasteiger partial charge >= 0.3 is 5.97 Å². The smallest absolute Gasteiger partial charge is 0.330 e. The van der Waals surface area contributed by atoms with Crippen molar-refractivity contribution in [2.24, 2.45) is 5.92 Å². The first-order chi connectivity index (χ1) is 12.9. The molecule has 2 aromatic rings. The van der Waals surface area contributed by atoms with Crippen molar-refractivity contribution in [2.45, 2.75) is 25.8 Å². The van der Waals surface area contributed by atoms with Crippen LogP contribution in [-0.4, -0.2) is 31.2 Å². The molecule has 0 spiro atoms. The molecule has 0 aliphatic carbocycles. The molecule has 1 amide bonds. The summed E-state index contributed by atoms with van der Waals surface area (Å²) in [4.78, 5) is 24.0. The second-order valence-corrected chi connectivity index (χ2v) is 6.44. The van der Waals surface area contributed by atoms with Crippen molar-refractivity contribution in [3.8, 4) is 11.5 Å². The van der Waals surface area contributed by atoms with E-state index in [0.717, 1.165) is 11.3 Å². The normalized spacial score (nSPS) is 12.7. The Hall–Kier alpha value is -3.02. The Kier molecular flexibility index (Phi) is 7.23. The van der Waals surface area contributed by atoms with E-state index in [0.29, 0.717) is 17.7 Å². The molecule has 2 rings (SSSR count). The SMILES string of the molecule is COc1ccc(C(NC(=O)CC(C)Cc2ccccc2OC)C(=O)O)cc1. The Morgan fingerprint density at radius 1 is 1.04 bits per heavy atom. The fourth-order valence-corrected chi connectivity index (χ4v) is 2.94. The van der Waals surface area contributed by atoms with Crippen molar-refractivity contribution in [1.29, 1.82) is 0 Å². The lowest BCUT2D eigenvalue weighted by Crippen LogP contribution is -2.34. The molecule has 2 unspecified atom stereocenters. The molecule has 0 aromatic heterocycles. The highest BCUT2D eigenvalue weighted by atomic mass is 16.5. The molecule has 6 heteroatoms. The minimum absolute atomic E-state index is 0.0339. The molecule has 0 aliphatic rings. The highest BCUT2D eigenvalue weighted by molar-refractivity contribution is 5.84. The van der Waals surface area contributed by atoms with Crippen LogP contribution in [0.4, 0.5) is 0 Å². The van der Waals surface area contributed by atoms with Crippen molar-refractivity contribution in [3.05, 3.63) is 59.7 Å². The number of hydrogen-bond acceptors (Lipinski definition) is 4. The monoisotopic (exact) mass is 371 g/mol. The van der Waals surface area contributed by atoms with Gasteiger partial charge in [0.05, 0.1) is 14.2 Å². The van der Waals surface area contributed by atoms with Gasteiger partial charge in [-0.3, -0.25) is 4.79 Å². The van der Waals surface area contributed by atoms with Crippen LogP contribution in [0.5, 0.6) is 11.5 Å². The minimum Gasteiger partial charge on any atom is -0.497 e. The summed E-state index contributed by atoms with van der Waals surface area (Å²) >= 11 is 0. The zero-order valence-corrected chi connectivity index (χ0v) is 15.8. The van der Waals surface area contributed by atoms with Crippen LogP contribution in [0.2, 0.25) is 0 Å². The fourth-order valence-electron chi connectivity index (χ4n) is 2.94. The van der Waals surface area contributed by atoms with Crippen LogP contribution in [0.25, 0.3) is 0 Å². The van der Waals surface area contributed by atoms with Crippen molar-refractivity contribution in [3.63, 3.8) is 0 Å². The van der Waals surface area contributed by atoms with E-state index in [-0.39, 0.29) is 18.2 Å². The maximum atomic E-state index is 12.4. The van der Waals surface area contributed by atoms with Gasteiger partial charge in [-0.05, 0) is 41.7 Å². The first-order valence-corrected chi connectivity index (χ1v) is 8.72. The first-order valence-electron chi connectivity index (χ1n) is 8.72. The molecule has 2 atom stereocenters. The molecule has 27 heavy (non-hydrogen) atoms. The summed E-state index contributed by atoms with van der Waals surface area (Å²) in [5, 5.41) is 12.1. The number of nitrogens with one attached hydrogen (secondary N) is 1. The quantitative estimate of drug-likeness (QED) is 0.707. The van der Waals surface area contributed by atoms with Gasteiger partial charge in [-0.15, -0.1) is 0 Å². The van der Waals surface area contributed by atoms with E-state index >= 15 is 0 Å². The Balaban J connectivity index is 1.99. The van der Waals surface area contributed by atoms with Gasteiger partial charge < -0.3 is 19.9 Å². The lowest BCUT2D eigenvalue weighted by molar-refractivity contribution is -0.142. The molecular weight excluding hydrogens is 346 g/mol. The molecule has 2 N–H and O–H groups in total. The number of carboxylic acid groups (broad SMARTS) is 1. The molecule has 6 nitrogen and oxygen atoms in total. The summed E-state index contributed by atoms with van der Waals surface area (Å²) < 4.78 is 10.4. The molecular formula is C21H25NO5. The average Bonchev–Trinajstić information content (AvgIpc) is 2.66. The van der Waals surface area contributed by atoms with Gasteiger partial charge in [0.1, 0.15) is 11.5 Å². The number of carbonyl (C=O) groups is 2. The second-order valence-electron chi connectivity index (χ2n) is 6.44. The highest BCUT2D eigenvalue weighted by Gasteiger charge is 2.23. The van der Waals surface area contributed by atoms with Gasteiger partial charge in [0.15, 0.2) is 6.04 Å². The van der Waals surface area contributed by atoms with Crippen molar-refractivity contribution in [1.82, 2.24) is 5.32 Å². The predicted molar refractivity (Wildman–Crippen MR) is 102 cm³/mol. The standard InChI is InChI=1S/C21H25NO5/c1-14(12-16-6-4-5-7-18(16)27-3)13-19(23)22-20(21(24)25)15-8-10-17(26-2)11-9-15/h4-11,14,20H,12-13H2,1-3H3,(H,22,23)(H,24,25). The summed E-state index contributed by atoms with van der Waals surface area (Å²) in [6.45, 7) is 1.95. The Morgan fingerprint density at radius 3 is 2.30 bits per heavy atom. The van der Waals surface area contributed by atoms with E-state index in [1.54, 1.807) is 31.4 Å². The molecule has 0 aliphatic heterocycles. The van der Waals surface area contributed by atoms with E-state index in [9.17, 15) is 14.7 Å². The third-order valence-electron chi connectivity index (χ3n) is 4.30. The van der Waals surface area contributed by atoms with Gasteiger partial charge in [0.2, 0.25) is 5.91 Å². The lowest BCUT2D eigenvalue weighted by atomic mass is 9.96. The lowest BCUT2D eigenvalue weighted by Gasteiger charge is -2.18. The number of amides is 1. The van der Waals surface area contributed by atoms with Crippen LogP contribution in [0.15, 0.2) is 48.5 Å². The third-order valence-corrected chi connectivity index (χ3v) is 4.30. The van der Waals surface area contributed by atoms with Crippen molar-refractivity contribution < 1.29 is 24.2 Å². The third kappa shape index (κ3) is 5.74. The molecule has 0 bridgehead atoms. The summed E-state index contributed by atoms with van der Waals surface area (Å²) in [5.41, 5.74) is 1.51. The van der Waals surface area contributed by atoms with Crippen LogP contribution in [0, 0.1) is 5.92 Å². The molecule has 0 saturated heterocycles. The van der Waals surface area contributed by atoms with Gasteiger partial charge in [0, 0.05) is 6.42 Å². The molecule has 0 saturated carbocycles. The highest BCUT2D eigenvalue weighted by Crippen LogP contribution is 2.23. The number of benzene rings is 2. The second kappa shape index (κ2) is 9.62. The predicted octanol–water partition coefficient (Wildman–Crippen LogP) is 3.21. The maximum absolute atomic E-state index is 12.4. The van der Waals surface area contributed by atoms with Crippen LogP contribution in [-0.2, 0) is 16.0 Å². The molecule has 2 aromatic carbocycles. The molecule has 0 heterocycles. The maximum Gasteiger partial charge on any atom is 0.330 e. The van der Waals surface area contributed by atoms with E-state index < -0.39 is 12.0 Å². The van der Waals surface area contributed by atoms with Crippen molar-refractivity contribution >= 4 is 11.9 Å². The van der Waals surface area contributed by atoms with Gasteiger partial charge in [-0.1, -0.05) is 37.3 Å². The number of carboxylic acids is 1. The number of para-hydroxylation sites is 1. The zero-order chi connectivity index (χ0) is 19.8. The number of ether oxygens (including phenoxy) is 2. The minimum atomic E-state index is -1.11. The first kappa shape index (κ1) is 20.3. The Bertz CT molecular complexity index is 772. The van der Waals surface area contributed by atoms with Gasteiger partial charge in [0.25, 0.3) is 0 Å². The van der Waals surface area contributed by atoms with E-state index in [1.165, 1.54) is 7.11 Å². The number of hydrogen-bond donors (Lipinski definition) is 2. The van der Waals surface area contributed by atoms with Gasteiger partial charge in [-0.25, -0.2) is 4.79 Å².